The molecule has 26 heavy (non-hydrogen) atoms. The Morgan fingerprint density at radius 2 is 1.92 bits per heavy atom. The highest BCUT2D eigenvalue weighted by Crippen LogP contribution is 2.19. The Morgan fingerprint density at radius 3 is 2.73 bits per heavy atom. The minimum Gasteiger partial charge on any atom is -0.388 e. The summed E-state index contributed by atoms with van der Waals surface area (Å²) in [6.45, 7) is 5.56. The number of piperazine rings is 1. The number of aromatic nitrogens is 4. The molecule has 3 aromatic rings. The lowest BCUT2D eigenvalue weighted by Crippen LogP contribution is -2.51. The first-order valence-electron chi connectivity index (χ1n) is 8.85. The van der Waals surface area contributed by atoms with Crippen LogP contribution < -0.4 is 4.90 Å². The van der Waals surface area contributed by atoms with E-state index >= 15 is 0 Å². The number of hydrogen-bond donors (Lipinski definition) is 1. The monoisotopic (exact) mass is 350 g/mol. The molecule has 2 aromatic heterocycles. The standard InChI is InChI=1S/C19H22N6O/c1-14-11-25(19-6-7-20-18(13-26)23-19)9-8-24(14)12-15-10-21-16-4-2-3-5-17(16)22-15/h2-7,10,14,26H,8-9,11-13H2,1H3. The van der Waals surface area contributed by atoms with Gasteiger partial charge in [0.1, 0.15) is 12.4 Å². The number of benzene rings is 1. The number of anilines is 1. The van der Waals surface area contributed by atoms with Crippen molar-refractivity contribution >= 4 is 16.9 Å². The predicted molar refractivity (Wildman–Crippen MR) is 99.6 cm³/mol. The van der Waals surface area contributed by atoms with Gasteiger partial charge in [-0.25, -0.2) is 15.0 Å². The second kappa shape index (κ2) is 7.31. The van der Waals surface area contributed by atoms with Gasteiger partial charge in [0.2, 0.25) is 0 Å². The molecule has 1 aliphatic heterocycles. The van der Waals surface area contributed by atoms with Crippen LogP contribution in [0, 0.1) is 0 Å². The van der Waals surface area contributed by atoms with Crippen LogP contribution in [0.1, 0.15) is 18.4 Å². The number of nitrogens with zero attached hydrogens (tertiary/aromatic N) is 6. The van der Waals surface area contributed by atoms with E-state index in [9.17, 15) is 5.11 Å². The van der Waals surface area contributed by atoms with E-state index in [1.54, 1.807) is 6.20 Å². The summed E-state index contributed by atoms with van der Waals surface area (Å²) >= 11 is 0. The van der Waals surface area contributed by atoms with Crippen LogP contribution in [0.4, 0.5) is 5.82 Å². The Labute approximate surface area is 152 Å². The molecule has 1 aromatic carbocycles. The van der Waals surface area contributed by atoms with Gasteiger partial charge in [-0.3, -0.25) is 9.88 Å². The van der Waals surface area contributed by atoms with Crippen LogP contribution in [0.25, 0.3) is 11.0 Å². The Kier molecular flexibility index (Phi) is 4.73. The third-order valence-corrected chi connectivity index (χ3v) is 4.78. The molecule has 7 heteroatoms. The molecule has 1 unspecified atom stereocenters. The van der Waals surface area contributed by atoms with Gasteiger partial charge in [0.05, 0.1) is 22.9 Å². The van der Waals surface area contributed by atoms with Crippen LogP contribution in [0.5, 0.6) is 0 Å². The summed E-state index contributed by atoms with van der Waals surface area (Å²) in [7, 11) is 0. The van der Waals surface area contributed by atoms with Crippen LogP contribution in [0.15, 0.2) is 42.7 Å². The third kappa shape index (κ3) is 3.49. The molecule has 1 fully saturated rings. The van der Waals surface area contributed by atoms with Crippen LogP contribution in [-0.4, -0.2) is 55.6 Å². The van der Waals surface area contributed by atoms with Crippen molar-refractivity contribution in [3.8, 4) is 0 Å². The Hall–Kier alpha value is -2.64. The van der Waals surface area contributed by atoms with E-state index in [4.69, 9.17) is 4.98 Å². The highest BCUT2D eigenvalue weighted by atomic mass is 16.3. The fourth-order valence-corrected chi connectivity index (χ4v) is 3.36. The maximum Gasteiger partial charge on any atom is 0.156 e. The molecule has 0 aliphatic carbocycles. The zero-order chi connectivity index (χ0) is 17.9. The zero-order valence-corrected chi connectivity index (χ0v) is 14.8. The topological polar surface area (TPSA) is 78.3 Å². The van der Waals surface area contributed by atoms with E-state index in [2.05, 4.69) is 31.7 Å². The lowest BCUT2D eigenvalue weighted by molar-refractivity contribution is 0.178. The molecule has 1 saturated heterocycles. The summed E-state index contributed by atoms with van der Waals surface area (Å²) in [6, 6.07) is 10.2. The lowest BCUT2D eigenvalue weighted by atomic mass is 10.1. The number of aliphatic hydroxyl groups is 1. The van der Waals surface area contributed by atoms with E-state index in [-0.39, 0.29) is 6.61 Å². The minimum atomic E-state index is -0.135. The van der Waals surface area contributed by atoms with Crippen LogP contribution in [0.3, 0.4) is 0 Å². The minimum absolute atomic E-state index is 0.135. The van der Waals surface area contributed by atoms with Gasteiger partial charge >= 0.3 is 0 Å². The smallest absolute Gasteiger partial charge is 0.156 e. The quantitative estimate of drug-likeness (QED) is 0.766. The van der Waals surface area contributed by atoms with Crippen molar-refractivity contribution in [1.29, 1.82) is 0 Å². The summed E-state index contributed by atoms with van der Waals surface area (Å²) in [4.78, 5) is 22.4. The summed E-state index contributed by atoms with van der Waals surface area (Å²) in [5.74, 6) is 1.34. The molecule has 0 radical (unpaired) electrons. The average Bonchev–Trinajstić information content (AvgIpc) is 2.69. The SMILES string of the molecule is CC1CN(c2ccnc(CO)n2)CCN1Cc1cnc2ccccc2n1. The van der Waals surface area contributed by atoms with E-state index in [0.29, 0.717) is 11.9 Å². The normalized spacial score (nSPS) is 18.4. The van der Waals surface area contributed by atoms with Crippen molar-refractivity contribution in [3.05, 3.63) is 54.2 Å². The van der Waals surface area contributed by atoms with Crippen LogP contribution in [-0.2, 0) is 13.2 Å². The Balaban J connectivity index is 1.44. The molecule has 1 atom stereocenters. The van der Waals surface area contributed by atoms with Crippen molar-refractivity contribution in [1.82, 2.24) is 24.8 Å². The summed E-state index contributed by atoms with van der Waals surface area (Å²) in [6.07, 6.45) is 3.58. The van der Waals surface area contributed by atoms with E-state index in [0.717, 1.165) is 48.7 Å². The molecule has 4 rings (SSSR count). The third-order valence-electron chi connectivity index (χ3n) is 4.78. The van der Waals surface area contributed by atoms with Gasteiger partial charge in [-0.05, 0) is 25.1 Å². The molecule has 134 valence electrons. The molecule has 0 spiro atoms. The largest absolute Gasteiger partial charge is 0.388 e. The second-order valence-electron chi connectivity index (χ2n) is 6.60. The summed E-state index contributed by atoms with van der Waals surface area (Å²) < 4.78 is 0. The number of rotatable bonds is 4. The van der Waals surface area contributed by atoms with Crippen molar-refractivity contribution in [2.24, 2.45) is 0 Å². The first kappa shape index (κ1) is 16.8. The van der Waals surface area contributed by atoms with Gasteiger partial charge in [-0.2, -0.15) is 0 Å². The molecule has 3 heterocycles. The first-order chi connectivity index (χ1) is 12.7. The molecule has 1 N–H and O–H groups in total. The molecular formula is C19H22N6O. The molecular weight excluding hydrogens is 328 g/mol. The number of hydrogen-bond acceptors (Lipinski definition) is 7. The maximum absolute atomic E-state index is 9.23. The molecule has 0 bridgehead atoms. The molecule has 0 saturated carbocycles. The maximum atomic E-state index is 9.23. The molecule has 1 aliphatic rings. The van der Waals surface area contributed by atoms with Crippen LogP contribution in [0.2, 0.25) is 0 Å². The lowest BCUT2D eigenvalue weighted by Gasteiger charge is -2.40. The van der Waals surface area contributed by atoms with Gasteiger partial charge in [0.15, 0.2) is 5.82 Å². The average molecular weight is 350 g/mol. The molecule has 0 amide bonds. The van der Waals surface area contributed by atoms with Gasteiger partial charge in [0, 0.05) is 38.4 Å². The zero-order valence-electron chi connectivity index (χ0n) is 14.8. The van der Waals surface area contributed by atoms with Crippen molar-refractivity contribution in [2.75, 3.05) is 24.5 Å². The van der Waals surface area contributed by atoms with Gasteiger partial charge in [-0.1, -0.05) is 12.1 Å². The number of fused-ring (bicyclic) bond motifs is 1. The number of aliphatic hydroxyl groups excluding tert-OH is 1. The van der Waals surface area contributed by atoms with Gasteiger partial charge < -0.3 is 10.0 Å². The van der Waals surface area contributed by atoms with E-state index in [1.807, 2.05) is 36.5 Å². The highest BCUT2D eigenvalue weighted by molar-refractivity contribution is 5.73. The summed E-state index contributed by atoms with van der Waals surface area (Å²) in [5.41, 5.74) is 2.86. The fraction of sp³-hybridized carbons (Fsp3) is 0.368. The number of para-hydroxylation sites is 2. The van der Waals surface area contributed by atoms with Gasteiger partial charge in [0.25, 0.3) is 0 Å². The van der Waals surface area contributed by atoms with E-state index < -0.39 is 0 Å². The van der Waals surface area contributed by atoms with Crippen LogP contribution >= 0.6 is 0 Å². The van der Waals surface area contributed by atoms with Crippen molar-refractivity contribution in [2.45, 2.75) is 26.1 Å². The molecule has 7 nitrogen and oxygen atoms in total. The fourth-order valence-electron chi connectivity index (χ4n) is 3.36. The first-order valence-corrected chi connectivity index (χ1v) is 8.85. The predicted octanol–water partition coefficient (Wildman–Crippen LogP) is 1.62. The Bertz CT molecular complexity index is 902. The van der Waals surface area contributed by atoms with E-state index in [1.165, 1.54) is 0 Å². The van der Waals surface area contributed by atoms with Gasteiger partial charge in [-0.15, -0.1) is 0 Å². The Morgan fingerprint density at radius 1 is 1.08 bits per heavy atom. The second-order valence-corrected chi connectivity index (χ2v) is 6.60. The van der Waals surface area contributed by atoms with Crippen molar-refractivity contribution < 1.29 is 5.11 Å². The highest BCUT2D eigenvalue weighted by Gasteiger charge is 2.25. The summed E-state index contributed by atoms with van der Waals surface area (Å²) in [5, 5.41) is 9.23. The van der Waals surface area contributed by atoms with Crippen molar-refractivity contribution in [3.63, 3.8) is 0 Å².